The standard InChI is InChI=1S/C12H22N2O4/c1-3-5-9(12(17)18-4-2)14-7-6-13-8-10(14)11(15)16/h9-10,13H,3-8H2,1-2H3,(H,15,16). The van der Waals surface area contributed by atoms with Crippen LogP contribution in [0.25, 0.3) is 0 Å². The summed E-state index contributed by atoms with van der Waals surface area (Å²) in [5.41, 5.74) is 0. The molecule has 1 saturated heterocycles. The molecule has 1 fully saturated rings. The number of piperazine rings is 1. The number of nitrogens with zero attached hydrogens (tertiary/aromatic N) is 1. The minimum atomic E-state index is -0.896. The first-order valence-electron chi connectivity index (χ1n) is 6.47. The highest BCUT2D eigenvalue weighted by Gasteiger charge is 2.37. The average Bonchev–Trinajstić information content (AvgIpc) is 2.36. The largest absolute Gasteiger partial charge is 0.480 e. The number of ether oxygens (including phenoxy) is 1. The fraction of sp³-hybridized carbons (Fsp3) is 0.833. The fourth-order valence-electron chi connectivity index (χ4n) is 2.25. The summed E-state index contributed by atoms with van der Waals surface area (Å²) >= 11 is 0. The molecule has 104 valence electrons. The van der Waals surface area contributed by atoms with Crippen molar-refractivity contribution in [2.75, 3.05) is 26.2 Å². The lowest BCUT2D eigenvalue weighted by Gasteiger charge is -2.38. The number of hydrogen-bond acceptors (Lipinski definition) is 5. The molecule has 2 N–H and O–H groups in total. The predicted molar refractivity (Wildman–Crippen MR) is 66.3 cm³/mol. The molecule has 0 bridgehead atoms. The summed E-state index contributed by atoms with van der Waals surface area (Å²) in [6.45, 7) is 5.68. The molecule has 0 radical (unpaired) electrons. The van der Waals surface area contributed by atoms with Crippen LogP contribution < -0.4 is 5.32 Å². The van der Waals surface area contributed by atoms with Gasteiger partial charge in [-0.3, -0.25) is 14.5 Å². The van der Waals surface area contributed by atoms with Gasteiger partial charge in [-0.05, 0) is 13.3 Å². The Morgan fingerprint density at radius 1 is 1.50 bits per heavy atom. The Bertz CT molecular complexity index is 296. The average molecular weight is 258 g/mol. The van der Waals surface area contributed by atoms with Crippen LogP contribution in [0.5, 0.6) is 0 Å². The van der Waals surface area contributed by atoms with Crippen LogP contribution in [0.1, 0.15) is 26.7 Å². The van der Waals surface area contributed by atoms with Crippen molar-refractivity contribution in [1.29, 1.82) is 0 Å². The second kappa shape index (κ2) is 7.33. The van der Waals surface area contributed by atoms with Crippen LogP contribution >= 0.6 is 0 Å². The number of carboxylic acid groups (broad SMARTS) is 1. The van der Waals surface area contributed by atoms with Crippen LogP contribution in [0.4, 0.5) is 0 Å². The molecule has 1 aliphatic heterocycles. The zero-order valence-electron chi connectivity index (χ0n) is 11.0. The van der Waals surface area contributed by atoms with Crippen molar-refractivity contribution in [3.05, 3.63) is 0 Å². The van der Waals surface area contributed by atoms with Gasteiger partial charge in [-0.1, -0.05) is 13.3 Å². The summed E-state index contributed by atoms with van der Waals surface area (Å²) in [6.07, 6.45) is 1.45. The van der Waals surface area contributed by atoms with E-state index in [1.807, 2.05) is 6.92 Å². The van der Waals surface area contributed by atoms with Gasteiger partial charge in [0.1, 0.15) is 12.1 Å². The second-order valence-corrected chi connectivity index (χ2v) is 4.35. The molecule has 18 heavy (non-hydrogen) atoms. The maximum absolute atomic E-state index is 11.9. The van der Waals surface area contributed by atoms with Gasteiger partial charge in [0.25, 0.3) is 0 Å². The van der Waals surface area contributed by atoms with Crippen molar-refractivity contribution in [3.8, 4) is 0 Å². The zero-order chi connectivity index (χ0) is 13.5. The SMILES string of the molecule is CCCC(C(=O)OCC)N1CCNCC1C(=O)O. The van der Waals surface area contributed by atoms with Gasteiger partial charge < -0.3 is 15.2 Å². The maximum Gasteiger partial charge on any atom is 0.323 e. The summed E-state index contributed by atoms with van der Waals surface area (Å²) in [7, 11) is 0. The number of carbonyl (C=O) groups excluding carboxylic acids is 1. The van der Waals surface area contributed by atoms with E-state index in [0.717, 1.165) is 6.42 Å². The van der Waals surface area contributed by atoms with Crippen molar-refractivity contribution >= 4 is 11.9 Å². The summed E-state index contributed by atoms with van der Waals surface area (Å²) in [5, 5.41) is 12.2. The Morgan fingerprint density at radius 2 is 2.22 bits per heavy atom. The van der Waals surface area contributed by atoms with E-state index in [1.54, 1.807) is 11.8 Å². The third-order valence-electron chi connectivity index (χ3n) is 3.09. The first-order valence-corrected chi connectivity index (χ1v) is 6.47. The van der Waals surface area contributed by atoms with Gasteiger partial charge >= 0.3 is 11.9 Å². The molecule has 1 heterocycles. The Balaban J connectivity index is 2.80. The van der Waals surface area contributed by atoms with E-state index in [-0.39, 0.29) is 5.97 Å². The van der Waals surface area contributed by atoms with Gasteiger partial charge in [0, 0.05) is 19.6 Å². The van der Waals surface area contributed by atoms with E-state index in [1.165, 1.54) is 0 Å². The molecule has 6 nitrogen and oxygen atoms in total. The first kappa shape index (κ1) is 14.9. The van der Waals surface area contributed by atoms with Gasteiger partial charge in [0.2, 0.25) is 0 Å². The van der Waals surface area contributed by atoms with Gasteiger partial charge in [0.05, 0.1) is 6.61 Å². The molecule has 0 saturated carbocycles. The zero-order valence-corrected chi connectivity index (χ0v) is 11.0. The molecule has 0 aromatic carbocycles. The number of carboxylic acids is 1. The monoisotopic (exact) mass is 258 g/mol. The van der Waals surface area contributed by atoms with Crippen LogP contribution in [0.15, 0.2) is 0 Å². The Kier molecular flexibility index (Phi) is 6.07. The second-order valence-electron chi connectivity index (χ2n) is 4.35. The van der Waals surface area contributed by atoms with E-state index >= 15 is 0 Å². The Hall–Kier alpha value is -1.14. The highest BCUT2D eigenvalue weighted by molar-refractivity contribution is 5.79. The van der Waals surface area contributed by atoms with Crippen LogP contribution in [0.3, 0.4) is 0 Å². The molecule has 0 spiro atoms. The molecule has 2 atom stereocenters. The van der Waals surface area contributed by atoms with E-state index < -0.39 is 18.1 Å². The van der Waals surface area contributed by atoms with Gasteiger partial charge in [-0.2, -0.15) is 0 Å². The lowest BCUT2D eigenvalue weighted by molar-refractivity contribution is -0.155. The minimum absolute atomic E-state index is 0.312. The number of carbonyl (C=O) groups is 2. The van der Waals surface area contributed by atoms with Crippen LogP contribution in [0.2, 0.25) is 0 Å². The van der Waals surface area contributed by atoms with Crippen molar-refractivity contribution in [1.82, 2.24) is 10.2 Å². The number of aliphatic carboxylic acids is 1. The van der Waals surface area contributed by atoms with E-state index in [4.69, 9.17) is 4.74 Å². The smallest absolute Gasteiger partial charge is 0.323 e. The highest BCUT2D eigenvalue weighted by atomic mass is 16.5. The van der Waals surface area contributed by atoms with E-state index in [2.05, 4.69) is 5.32 Å². The molecular formula is C12H22N2O4. The minimum Gasteiger partial charge on any atom is -0.480 e. The van der Waals surface area contributed by atoms with Crippen molar-refractivity contribution < 1.29 is 19.4 Å². The molecule has 2 unspecified atom stereocenters. The van der Waals surface area contributed by atoms with Gasteiger partial charge in [-0.15, -0.1) is 0 Å². The van der Waals surface area contributed by atoms with Crippen molar-refractivity contribution in [2.45, 2.75) is 38.8 Å². The summed E-state index contributed by atoms with van der Waals surface area (Å²) in [6, 6.07) is -1.10. The van der Waals surface area contributed by atoms with Crippen LogP contribution in [-0.4, -0.2) is 60.3 Å². The van der Waals surface area contributed by atoms with Crippen LogP contribution in [0, 0.1) is 0 Å². The number of hydrogen-bond donors (Lipinski definition) is 2. The summed E-state index contributed by atoms with van der Waals surface area (Å²) in [4.78, 5) is 24.9. The fourth-order valence-corrected chi connectivity index (χ4v) is 2.25. The summed E-state index contributed by atoms with van der Waals surface area (Å²) in [5.74, 6) is -1.21. The molecule has 1 aliphatic rings. The maximum atomic E-state index is 11.9. The normalized spacial score (nSPS) is 22.4. The number of esters is 1. The van der Waals surface area contributed by atoms with Crippen LogP contribution in [-0.2, 0) is 14.3 Å². The molecule has 0 amide bonds. The lowest BCUT2D eigenvalue weighted by atomic mass is 10.1. The molecule has 0 aromatic heterocycles. The van der Waals surface area contributed by atoms with E-state index in [0.29, 0.717) is 32.7 Å². The molecule has 0 aliphatic carbocycles. The first-order chi connectivity index (χ1) is 8.61. The third-order valence-corrected chi connectivity index (χ3v) is 3.09. The van der Waals surface area contributed by atoms with Crippen molar-refractivity contribution in [2.24, 2.45) is 0 Å². The highest BCUT2D eigenvalue weighted by Crippen LogP contribution is 2.15. The lowest BCUT2D eigenvalue weighted by Crippen LogP contribution is -2.60. The van der Waals surface area contributed by atoms with Crippen molar-refractivity contribution in [3.63, 3.8) is 0 Å². The number of nitrogens with one attached hydrogen (secondary N) is 1. The predicted octanol–water partition coefficient (Wildman–Crippen LogP) is 0.0766. The quantitative estimate of drug-likeness (QED) is 0.657. The Morgan fingerprint density at radius 3 is 2.78 bits per heavy atom. The van der Waals surface area contributed by atoms with Gasteiger partial charge in [-0.25, -0.2) is 0 Å². The number of rotatable bonds is 6. The molecule has 0 aromatic rings. The molecule has 1 rings (SSSR count). The Labute approximate surface area is 107 Å². The molecule has 6 heteroatoms. The molecular weight excluding hydrogens is 236 g/mol. The van der Waals surface area contributed by atoms with Gasteiger partial charge in [0.15, 0.2) is 0 Å². The topological polar surface area (TPSA) is 78.9 Å². The summed E-state index contributed by atoms with van der Waals surface area (Å²) < 4.78 is 5.04. The van der Waals surface area contributed by atoms with E-state index in [9.17, 15) is 14.7 Å². The third kappa shape index (κ3) is 3.68.